The maximum Gasteiger partial charge on any atom is 0.293 e. The molecule has 3 rings (SSSR count). The molecule has 0 spiro atoms. The lowest BCUT2D eigenvalue weighted by molar-refractivity contribution is -0.123. The number of hydrogen-bond donors (Lipinski definition) is 0. The van der Waals surface area contributed by atoms with Crippen LogP contribution >= 0.6 is 11.8 Å². The second-order valence-corrected chi connectivity index (χ2v) is 5.76. The fourth-order valence-electron chi connectivity index (χ4n) is 2.01. The van der Waals surface area contributed by atoms with Gasteiger partial charge in [-0.15, -0.1) is 0 Å². The molecule has 0 N–H and O–H groups in total. The molecule has 0 saturated carbocycles. The maximum atomic E-state index is 12.3. The highest BCUT2D eigenvalue weighted by molar-refractivity contribution is 8.18. The lowest BCUT2D eigenvalue weighted by atomic mass is 10.1. The first-order chi connectivity index (χ1) is 10.1. The van der Waals surface area contributed by atoms with Crippen LogP contribution in [0.1, 0.15) is 16.9 Å². The van der Waals surface area contributed by atoms with Crippen LogP contribution in [0, 0.1) is 6.92 Å². The van der Waals surface area contributed by atoms with Gasteiger partial charge in [-0.1, -0.05) is 29.8 Å². The van der Waals surface area contributed by atoms with Crippen LogP contribution in [0.25, 0.3) is 6.08 Å². The van der Waals surface area contributed by atoms with Gasteiger partial charge < -0.3 is 4.42 Å². The van der Waals surface area contributed by atoms with E-state index < -0.39 is 0 Å². The molecule has 2 amide bonds. The zero-order chi connectivity index (χ0) is 14.8. The lowest BCUT2D eigenvalue weighted by Crippen LogP contribution is -2.27. The van der Waals surface area contributed by atoms with Crippen molar-refractivity contribution in [1.82, 2.24) is 4.90 Å². The third kappa shape index (κ3) is 2.92. The van der Waals surface area contributed by atoms with Gasteiger partial charge in [0.25, 0.3) is 11.1 Å². The van der Waals surface area contributed by atoms with Gasteiger partial charge >= 0.3 is 0 Å². The topological polar surface area (TPSA) is 50.5 Å². The van der Waals surface area contributed by atoms with Crippen LogP contribution in [-0.2, 0) is 11.3 Å². The molecule has 0 aliphatic carbocycles. The number of amides is 2. The van der Waals surface area contributed by atoms with Crippen LogP contribution in [0.3, 0.4) is 0 Å². The molecule has 1 aromatic carbocycles. The average molecular weight is 299 g/mol. The number of benzene rings is 1. The van der Waals surface area contributed by atoms with E-state index in [1.165, 1.54) is 11.2 Å². The molecule has 0 bridgehead atoms. The summed E-state index contributed by atoms with van der Waals surface area (Å²) in [4.78, 5) is 25.9. The molecule has 2 heterocycles. The van der Waals surface area contributed by atoms with E-state index in [-0.39, 0.29) is 11.1 Å². The molecule has 0 unspecified atom stereocenters. The molecule has 2 aromatic rings. The van der Waals surface area contributed by atoms with Crippen molar-refractivity contribution in [1.29, 1.82) is 0 Å². The van der Waals surface area contributed by atoms with E-state index in [2.05, 4.69) is 0 Å². The summed E-state index contributed by atoms with van der Waals surface area (Å²) >= 11 is 0.941. The fourth-order valence-corrected chi connectivity index (χ4v) is 2.83. The average Bonchev–Trinajstić information content (AvgIpc) is 3.06. The van der Waals surface area contributed by atoms with Crippen molar-refractivity contribution in [3.05, 3.63) is 64.5 Å². The number of carbonyl (C=O) groups is 2. The Bertz CT molecular complexity index is 702. The van der Waals surface area contributed by atoms with Crippen molar-refractivity contribution >= 4 is 29.0 Å². The SMILES string of the molecule is Cc1ccc(CN2C(=O)SC(=Cc3ccco3)C2=O)cc1. The monoisotopic (exact) mass is 299 g/mol. The Morgan fingerprint density at radius 1 is 1.19 bits per heavy atom. The van der Waals surface area contributed by atoms with Crippen LogP contribution in [0.4, 0.5) is 4.79 Å². The second-order valence-electron chi connectivity index (χ2n) is 4.77. The first-order valence-corrected chi connectivity index (χ1v) is 7.29. The highest BCUT2D eigenvalue weighted by atomic mass is 32.2. The van der Waals surface area contributed by atoms with Crippen LogP contribution in [-0.4, -0.2) is 16.0 Å². The first kappa shape index (κ1) is 13.7. The van der Waals surface area contributed by atoms with Gasteiger partial charge in [0.2, 0.25) is 0 Å². The Labute approximate surface area is 126 Å². The summed E-state index contributed by atoms with van der Waals surface area (Å²) in [6, 6.07) is 11.3. The number of aryl methyl sites for hydroxylation is 1. The highest BCUT2D eigenvalue weighted by Gasteiger charge is 2.35. The van der Waals surface area contributed by atoms with E-state index in [4.69, 9.17) is 4.42 Å². The Kier molecular flexibility index (Phi) is 3.66. The Morgan fingerprint density at radius 3 is 2.62 bits per heavy atom. The van der Waals surface area contributed by atoms with E-state index >= 15 is 0 Å². The lowest BCUT2D eigenvalue weighted by Gasteiger charge is -2.12. The first-order valence-electron chi connectivity index (χ1n) is 6.48. The number of nitrogens with zero attached hydrogens (tertiary/aromatic N) is 1. The number of furan rings is 1. The van der Waals surface area contributed by atoms with Gasteiger partial charge in [-0.2, -0.15) is 0 Å². The van der Waals surface area contributed by atoms with E-state index in [0.29, 0.717) is 17.2 Å². The van der Waals surface area contributed by atoms with Gasteiger partial charge in [0.15, 0.2) is 0 Å². The number of thioether (sulfide) groups is 1. The van der Waals surface area contributed by atoms with Crippen LogP contribution in [0.5, 0.6) is 0 Å². The molecule has 5 heteroatoms. The summed E-state index contributed by atoms with van der Waals surface area (Å²) in [7, 11) is 0. The number of imide groups is 1. The minimum absolute atomic E-state index is 0.251. The highest BCUT2D eigenvalue weighted by Crippen LogP contribution is 2.33. The minimum atomic E-state index is -0.276. The molecule has 1 aliphatic heterocycles. The Morgan fingerprint density at radius 2 is 1.95 bits per heavy atom. The summed E-state index contributed by atoms with van der Waals surface area (Å²) in [5, 5.41) is -0.251. The number of rotatable bonds is 3. The summed E-state index contributed by atoms with van der Waals surface area (Å²) < 4.78 is 5.17. The maximum absolute atomic E-state index is 12.3. The molecule has 1 aliphatic rings. The molecular weight excluding hydrogens is 286 g/mol. The molecule has 0 radical (unpaired) electrons. The Balaban J connectivity index is 1.79. The summed E-state index contributed by atoms with van der Waals surface area (Å²) in [6.45, 7) is 2.29. The van der Waals surface area contributed by atoms with Crippen molar-refractivity contribution in [2.75, 3.05) is 0 Å². The van der Waals surface area contributed by atoms with Gasteiger partial charge in [0.1, 0.15) is 5.76 Å². The quantitative estimate of drug-likeness (QED) is 0.808. The zero-order valence-corrected chi connectivity index (χ0v) is 12.2. The second kappa shape index (κ2) is 5.61. The fraction of sp³-hybridized carbons (Fsp3) is 0.125. The van der Waals surface area contributed by atoms with Gasteiger partial charge in [-0.05, 0) is 36.4 Å². The number of carbonyl (C=O) groups excluding carboxylic acids is 2. The van der Waals surface area contributed by atoms with Gasteiger partial charge in [0, 0.05) is 6.08 Å². The molecule has 1 aromatic heterocycles. The third-order valence-corrected chi connectivity index (χ3v) is 4.06. The van der Waals surface area contributed by atoms with Crippen molar-refractivity contribution in [3.8, 4) is 0 Å². The summed E-state index contributed by atoms with van der Waals surface area (Å²) in [5.41, 5.74) is 2.08. The molecule has 21 heavy (non-hydrogen) atoms. The summed E-state index contributed by atoms with van der Waals surface area (Å²) in [6.07, 6.45) is 3.13. The van der Waals surface area contributed by atoms with Crippen LogP contribution in [0.15, 0.2) is 52.0 Å². The van der Waals surface area contributed by atoms with Crippen molar-refractivity contribution in [3.63, 3.8) is 0 Å². The molecular formula is C16H13NO3S. The van der Waals surface area contributed by atoms with E-state index in [0.717, 1.165) is 22.9 Å². The van der Waals surface area contributed by atoms with Crippen molar-refractivity contribution in [2.45, 2.75) is 13.5 Å². The van der Waals surface area contributed by atoms with E-state index in [1.807, 2.05) is 31.2 Å². The van der Waals surface area contributed by atoms with Crippen LogP contribution in [0.2, 0.25) is 0 Å². The summed E-state index contributed by atoms with van der Waals surface area (Å²) in [5.74, 6) is 0.290. The van der Waals surface area contributed by atoms with Crippen molar-refractivity contribution in [2.24, 2.45) is 0 Å². The largest absolute Gasteiger partial charge is 0.465 e. The van der Waals surface area contributed by atoms with E-state index in [9.17, 15) is 9.59 Å². The molecule has 1 saturated heterocycles. The van der Waals surface area contributed by atoms with Gasteiger partial charge in [-0.3, -0.25) is 14.5 Å². The Hall–Kier alpha value is -2.27. The van der Waals surface area contributed by atoms with Crippen molar-refractivity contribution < 1.29 is 14.0 Å². The normalized spacial score (nSPS) is 17.0. The molecule has 4 nitrogen and oxygen atoms in total. The zero-order valence-electron chi connectivity index (χ0n) is 11.4. The number of hydrogen-bond acceptors (Lipinski definition) is 4. The van der Waals surface area contributed by atoms with Crippen LogP contribution < -0.4 is 0 Å². The predicted molar refractivity (Wildman–Crippen MR) is 81.4 cm³/mol. The predicted octanol–water partition coefficient (Wildman–Crippen LogP) is 3.82. The smallest absolute Gasteiger partial charge is 0.293 e. The van der Waals surface area contributed by atoms with E-state index in [1.54, 1.807) is 18.2 Å². The van der Waals surface area contributed by atoms with Gasteiger partial charge in [0.05, 0.1) is 17.7 Å². The molecule has 0 atom stereocenters. The standard InChI is InChI=1S/C16H13NO3S/c1-11-4-6-12(7-5-11)10-17-15(18)14(21-16(17)19)9-13-3-2-8-20-13/h2-9H,10H2,1H3. The molecule has 1 fully saturated rings. The third-order valence-electron chi connectivity index (χ3n) is 3.15. The van der Waals surface area contributed by atoms with Gasteiger partial charge in [-0.25, -0.2) is 0 Å². The molecule has 106 valence electrons. The minimum Gasteiger partial charge on any atom is -0.465 e.